The molecule has 5 nitrogen and oxygen atoms in total. The number of para-hydroxylation sites is 1. The van der Waals surface area contributed by atoms with Crippen LogP contribution in [-0.4, -0.2) is 11.9 Å². The van der Waals surface area contributed by atoms with Crippen molar-refractivity contribution in [1.82, 2.24) is 0 Å². The maximum atomic E-state index is 12.8. The molecule has 0 aromatic heterocycles. The summed E-state index contributed by atoms with van der Waals surface area (Å²) in [6.07, 6.45) is -4.65. The summed E-state index contributed by atoms with van der Waals surface area (Å²) in [5.74, 6) is -0.447. The van der Waals surface area contributed by atoms with Crippen molar-refractivity contribution >= 4 is 29.0 Å². The summed E-state index contributed by atoms with van der Waals surface area (Å²) < 4.78 is 38.3. The number of hydrogen-bond acceptors (Lipinski definition) is 2. The van der Waals surface area contributed by atoms with Gasteiger partial charge in [0.05, 0.1) is 12.0 Å². The third-order valence-corrected chi connectivity index (χ3v) is 4.08. The van der Waals surface area contributed by atoms with Crippen LogP contribution >= 0.6 is 0 Å². The number of hydrogen-bond donors (Lipinski definition) is 3. The fraction of sp³-hybridized carbons (Fsp3) is 0.0909. The van der Waals surface area contributed by atoms with Crippen LogP contribution in [0.15, 0.2) is 78.9 Å². The number of halogens is 3. The number of rotatable bonds is 5. The first kappa shape index (κ1) is 20.9. The first-order valence-electron chi connectivity index (χ1n) is 8.99. The standard InChI is InChI=1S/C22H18F3N3O2/c23-22(24,25)16-6-4-5-15(13-16)14-20(29)26-18-9-11-19(12-10-18)28-21(30)27-17-7-2-1-3-8-17/h1-13H,14H2,(H,26,29)(H2,27,28,30). The Kier molecular flexibility index (Phi) is 6.36. The van der Waals surface area contributed by atoms with Crippen molar-refractivity contribution in [2.45, 2.75) is 12.6 Å². The van der Waals surface area contributed by atoms with Crippen LogP contribution in [0.2, 0.25) is 0 Å². The van der Waals surface area contributed by atoms with Crippen molar-refractivity contribution in [2.75, 3.05) is 16.0 Å². The molecule has 154 valence electrons. The van der Waals surface area contributed by atoms with Crippen molar-refractivity contribution in [3.8, 4) is 0 Å². The zero-order valence-corrected chi connectivity index (χ0v) is 15.7. The summed E-state index contributed by atoms with van der Waals surface area (Å²) in [5, 5.41) is 7.96. The Morgan fingerprint density at radius 3 is 1.87 bits per heavy atom. The molecule has 0 aliphatic carbocycles. The highest BCUT2D eigenvalue weighted by atomic mass is 19.4. The van der Waals surface area contributed by atoms with Gasteiger partial charge in [-0.15, -0.1) is 0 Å². The van der Waals surface area contributed by atoms with Gasteiger partial charge in [0.1, 0.15) is 0 Å². The van der Waals surface area contributed by atoms with Gasteiger partial charge in [-0.3, -0.25) is 4.79 Å². The van der Waals surface area contributed by atoms with E-state index in [1.165, 1.54) is 12.1 Å². The predicted molar refractivity (Wildman–Crippen MR) is 109 cm³/mol. The van der Waals surface area contributed by atoms with Crippen molar-refractivity contribution in [1.29, 1.82) is 0 Å². The lowest BCUT2D eigenvalue weighted by Gasteiger charge is -2.10. The van der Waals surface area contributed by atoms with Crippen LogP contribution in [-0.2, 0) is 17.4 Å². The number of urea groups is 1. The second-order valence-electron chi connectivity index (χ2n) is 6.45. The lowest BCUT2D eigenvalue weighted by Crippen LogP contribution is -2.19. The Morgan fingerprint density at radius 2 is 1.27 bits per heavy atom. The summed E-state index contributed by atoms with van der Waals surface area (Å²) in [5.41, 5.74) is 1.09. The normalized spacial score (nSPS) is 10.9. The lowest BCUT2D eigenvalue weighted by atomic mass is 10.1. The molecule has 0 aliphatic heterocycles. The summed E-state index contributed by atoms with van der Waals surface area (Å²) in [7, 11) is 0. The first-order valence-corrected chi connectivity index (χ1v) is 8.99. The SMILES string of the molecule is O=C(Cc1cccc(C(F)(F)F)c1)Nc1ccc(NC(=O)Nc2ccccc2)cc1. The van der Waals surface area contributed by atoms with Crippen LogP contribution in [0, 0.1) is 0 Å². The van der Waals surface area contributed by atoms with E-state index in [4.69, 9.17) is 0 Å². The molecule has 3 rings (SSSR count). The molecular weight excluding hydrogens is 395 g/mol. The molecule has 0 bridgehead atoms. The fourth-order valence-corrected chi connectivity index (χ4v) is 2.70. The smallest absolute Gasteiger partial charge is 0.326 e. The van der Waals surface area contributed by atoms with Gasteiger partial charge in [-0.1, -0.05) is 36.4 Å². The van der Waals surface area contributed by atoms with Gasteiger partial charge in [0.15, 0.2) is 0 Å². The summed E-state index contributed by atoms with van der Waals surface area (Å²) >= 11 is 0. The van der Waals surface area contributed by atoms with Gasteiger partial charge in [0.2, 0.25) is 5.91 Å². The minimum absolute atomic E-state index is 0.191. The molecule has 0 unspecified atom stereocenters. The van der Waals surface area contributed by atoms with E-state index in [2.05, 4.69) is 16.0 Å². The molecule has 3 N–H and O–H groups in total. The molecular formula is C22H18F3N3O2. The van der Waals surface area contributed by atoms with Gasteiger partial charge in [-0.2, -0.15) is 13.2 Å². The van der Waals surface area contributed by atoms with Gasteiger partial charge in [-0.05, 0) is 48.0 Å². The molecule has 0 spiro atoms. The molecule has 0 fully saturated rings. The van der Waals surface area contributed by atoms with E-state index in [1.54, 1.807) is 48.5 Å². The van der Waals surface area contributed by atoms with Crippen LogP contribution in [0.4, 0.5) is 35.0 Å². The zero-order valence-electron chi connectivity index (χ0n) is 15.7. The molecule has 0 aliphatic rings. The van der Waals surface area contributed by atoms with Gasteiger partial charge < -0.3 is 16.0 Å². The number of benzene rings is 3. The van der Waals surface area contributed by atoms with Crippen LogP contribution in [0.1, 0.15) is 11.1 Å². The molecule has 3 aromatic rings. The molecule has 3 aromatic carbocycles. The maximum Gasteiger partial charge on any atom is 0.416 e. The quantitative estimate of drug-likeness (QED) is 0.515. The number of carbonyl (C=O) groups excluding carboxylic acids is 2. The third kappa shape index (κ3) is 6.10. The van der Waals surface area contributed by atoms with E-state index in [9.17, 15) is 22.8 Å². The average Bonchev–Trinajstić information content (AvgIpc) is 2.70. The van der Waals surface area contributed by atoms with E-state index >= 15 is 0 Å². The Morgan fingerprint density at radius 1 is 0.700 bits per heavy atom. The van der Waals surface area contributed by atoms with E-state index < -0.39 is 23.7 Å². The highest BCUT2D eigenvalue weighted by molar-refractivity contribution is 6.00. The number of amides is 3. The Labute approximate surface area is 170 Å². The van der Waals surface area contributed by atoms with Crippen molar-refractivity contribution < 1.29 is 22.8 Å². The highest BCUT2D eigenvalue weighted by Gasteiger charge is 2.30. The molecule has 0 atom stereocenters. The van der Waals surface area contributed by atoms with E-state index in [-0.39, 0.29) is 12.0 Å². The summed E-state index contributed by atoms with van der Waals surface area (Å²) in [6, 6.07) is 19.5. The Bertz CT molecular complexity index is 1020. The molecule has 0 heterocycles. The highest BCUT2D eigenvalue weighted by Crippen LogP contribution is 2.29. The molecule has 8 heteroatoms. The molecule has 30 heavy (non-hydrogen) atoms. The average molecular weight is 413 g/mol. The molecule has 0 saturated carbocycles. The largest absolute Gasteiger partial charge is 0.416 e. The number of carbonyl (C=O) groups is 2. The lowest BCUT2D eigenvalue weighted by molar-refractivity contribution is -0.137. The van der Waals surface area contributed by atoms with E-state index in [0.717, 1.165) is 12.1 Å². The third-order valence-electron chi connectivity index (χ3n) is 4.08. The van der Waals surface area contributed by atoms with Crippen molar-refractivity contribution in [2.24, 2.45) is 0 Å². The fourth-order valence-electron chi connectivity index (χ4n) is 2.70. The molecule has 3 amide bonds. The van der Waals surface area contributed by atoms with Crippen molar-refractivity contribution in [3.05, 3.63) is 90.0 Å². The van der Waals surface area contributed by atoms with Crippen LogP contribution in [0.5, 0.6) is 0 Å². The molecule has 0 saturated heterocycles. The topological polar surface area (TPSA) is 70.2 Å². The van der Waals surface area contributed by atoms with Gasteiger partial charge in [0, 0.05) is 17.1 Å². The van der Waals surface area contributed by atoms with Crippen LogP contribution in [0.25, 0.3) is 0 Å². The monoisotopic (exact) mass is 413 g/mol. The predicted octanol–water partition coefficient (Wildman–Crippen LogP) is 5.53. The van der Waals surface area contributed by atoms with Crippen molar-refractivity contribution in [3.63, 3.8) is 0 Å². The first-order chi connectivity index (χ1) is 14.3. The Balaban J connectivity index is 1.54. The van der Waals surface area contributed by atoms with Gasteiger partial charge in [-0.25, -0.2) is 4.79 Å². The summed E-state index contributed by atoms with van der Waals surface area (Å²) in [4.78, 5) is 24.1. The second kappa shape index (κ2) is 9.13. The van der Waals surface area contributed by atoms with Gasteiger partial charge >= 0.3 is 12.2 Å². The number of nitrogens with one attached hydrogen (secondary N) is 3. The Hall–Kier alpha value is -3.81. The van der Waals surface area contributed by atoms with Crippen LogP contribution < -0.4 is 16.0 Å². The van der Waals surface area contributed by atoms with Gasteiger partial charge in [0.25, 0.3) is 0 Å². The van der Waals surface area contributed by atoms with E-state index in [0.29, 0.717) is 17.1 Å². The summed E-state index contributed by atoms with van der Waals surface area (Å²) in [6.45, 7) is 0. The second-order valence-corrected chi connectivity index (χ2v) is 6.45. The molecule has 0 radical (unpaired) electrons. The number of anilines is 3. The number of alkyl halides is 3. The minimum atomic E-state index is -4.46. The minimum Gasteiger partial charge on any atom is -0.326 e. The van der Waals surface area contributed by atoms with Crippen LogP contribution in [0.3, 0.4) is 0 Å². The van der Waals surface area contributed by atoms with E-state index in [1.807, 2.05) is 6.07 Å². The zero-order chi connectivity index (χ0) is 21.6. The maximum absolute atomic E-state index is 12.8.